The van der Waals surface area contributed by atoms with Crippen molar-refractivity contribution in [3.63, 3.8) is 0 Å². The van der Waals surface area contributed by atoms with Gasteiger partial charge in [-0.2, -0.15) is 0 Å². The molecular weight excluding hydrogens is 220 g/mol. The second-order valence-corrected chi connectivity index (χ2v) is 6.46. The van der Waals surface area contributed by atoms with Crippen LogP contribution in [0.15, 0.2) is 18.2 Å². The maximum atomic E-state index is 6.09. The average molecular weight is 244 g/mol. The molecule has 1 saturated carbocycles. The number of nitrogens with zero attached hydrogens (tertiary/aromatic N) is 1. The summed E-state index contributed by atoms with van der Waals surface area (Å²) in [6.07, 6.45) is 4.12. The van der Waals surface area contributed by atoms with Gasteiger partial charge in [-0.25, -0.2) is 0 Å². The maximum Gasteiger partial charge on any atom is 0.0363 e. The Hall–Kier alpha value is -1.02. The van der Waals surface area contributed by atoms with Gasteiger partial charge < -0.3 is 5.73 Å². The molecule has 1 heterocycles. The molecule has 0 radical (unpaired) electrons. The normalized spacial score (nSPS) is 32.4. The molecule has 3 rings (SSSR count). The van der Waals surface area contributed by atoms with Crippen LogP contribution in [0.2, 0.25) is 0 Å². The standard InChI is InChI=1S/C16H24N2/c1-11-6-12(2)8-14(7-11)18-9-13-4-3-5-16(17)15(13)10-18/h3-5,11-12,14H,6-10,17H2,1-2H3. The molecule has 0 amide bonds. The van der Waals surface area contributed by atoms with Gasteiger partial charge in [-0.1, -0.05) is 26.0 Å². The van der Waals surface area contributed by atoms with Crippen LogP contribution in [0.3, 0.4) is 0 Å². The van der Waals surface area contributed by atoms with Gasteiger partial charge in [-0.05, 0) is 48.3 Å². The second-order valence-electron chi connectivity index (χ2n) is 6.46. The monoisotopic (exact) mass is 244 g/mol. The molecule has 2 unspecified atom stereocenters. The summed E-state index contributed by atoms with van der Waals surface area (Å²) in [6.45, 7) is 6.97. The number of nitrogens with two attached hydrogens (primary N) is 1. The summed E-state index contributed by atoms with van der Waals surface area (Å²) < 4.78 is 0. The van der Waals surface area contributed by atoms with E-state index in [1.165, 1.54) is 30.4 Å². The van der Waals surface area contributed by atoms with Crippen LogP contribution in [0, 0.1) is 11.8 Å². The highest BCUT2D eigenvalue weighted by molar-refractivity contribution is 5.52. The molecule has 2 N–H and O–H groups in total. The smallest absolute Gasteiger partial charge is 0.0363 e. The van der Waals surface area contributed by atoms with Crippen LogP contribution in [0.5, 0.6) is 0 Å². The first-order valence-corrected chi connectivity index (χ1v) is 7.23. The van der Waals surface area contributed by atoms with Crippen molar-refractivity contribution in [2.75, 3.05) is 5.73 Å². The minimum Gasteiger partial charge on any atom is -0.398 e. The largest absolute Gasteiger partial charge is 0.398 e. The Morgan fingerprint density at radius 2 is 1.78 bits per heavy atom. The van der Waals surface area contributed by atoms with Gasteiger partial charge in [0.25, 0.3) is 0 Å². The molecule has 18 heavy (non-hydrogen) atoms. The van der Waals surface area contributed by atoms with Gasteiger partial charge >= 0.3 is 0 Å². The van der Waals surface area contributed by atoms with Gasteiger partial charge in [0.05, 0.1) is 0 Å². The molecule has 2 atom stereocenters. The molecular formula is C16H24N2. The Labute approximate surface area is 110 Å². The van der Waals surface area contributed by atoms with E-state index in [0.717, 1.165) is 36.7 Å². The fourth-order valence-corrected chi connectivity index (χ4v) is 3.93. The lowest BCUT2D eigenvalue weighted by Gasteiger charge is -2.37. The summed E-state index contributed by atoms with van der Waals surface area (Å²) >= 11 is 0. The number of benzene rings is 1. The Morgan fingerprint density at radius 1 is 1.06 bits per heavy atom. The van der Waals surface area contributed by atoms with Crippen molar-refractivity contribution in [3.8, 4) is 0 Å². The average Bonchev–Trinajstić information content (AvgIpc) is 2.73. The third kappa shape index (κ3) is 2.14. The predicted molar refractivity (Wildman–Crippen MR) is 76.1 cm³/mol. The topological polar surface area (TPSA) is 29.3 Å². The van der Waals surface area contributed by atoms with E-state index < -0.39 is 0 Å². The van der Waals surface area contributed by atoms with Crippen LogP contribution in [-0.4, -0.2) is 10.9 Å². The summed E-state index contributed by atoms with van der Waals surface area (Å²) in [7, 11) is 0. The molecule has 0 saturated heterocycles. The molecule has 1 fully saturated rings. The maximum absolute atomic E-state index is 6.09. The van der Waals surface area contributed by atoms with Crippen molar-refractivity contribution in [1.29, 1.82) is 0 Å². The summed E-state index contributed by atoms with van der Waals surface area (Å²) in [5, 5.41) is 0. The minimum absolute atomic E-state index is 0.760. The number of fused-ring (bicyclic) bond motifs is 1. The Kier molecular flexibility index (Phi) is 3.06. The molecule has 1 aliphatic carbocycles. The first-order valence-electron chi connectivity index (χ1n) is 7.23. The van der Waals surface area contributed by atoms with Crippen LogP contribution >= 0.6 is 0 Å². The van der Waals surface area contributed by atoms with E-state index in [2.05, 4.69) is 30.9 Å². The molecule has 1 aromatic rings. The Morgan fingerprint density at radius 3 is 2.44 bits per heavy atom. The molecule has 98 valence electrons. The van der Waals surface area contributed by atoms with E-state index in [1.807, 2.05) is 6.07 Å². The van der Waals surface area contributed by atoms with Crippen LogP contribution in [0.25, 0.3) is 0 Å². The van der Waals surface area contributed by atoms with Gasteiger partial charge in [0, 0.05) is 24.8 Å². The summed E-state index contributed by atoms with van der Waals surface area (Å²) in [5.41, 5.74) is 9.89. The zero-order chi connectivity index (χ0) is 12.7. The molecule has 0 spiro atoms. The van der Waals surface area contributed by atoms with Crippen LogP contribution in [0.1, 0.15) is 44.2 Å². The molecule has 1 aliphatic heterocycles. The lowest BCUT2D eigenvalue weighted by atomic mass is 9.80. The van der Waals surface area contributed by atoms with Crippen molar-refractivity contribution >= 4 is 5.69 Å². The summed E-state index contributed by atoms with van der Waals surface area (Å²) in [6, 6.07) is 7.12. The van der Waals surface area contributed by atoms with E-state index >= 15 is 0 Å². The van der Waals surface area contributed by atoms with Gasteiger partial charge in [0.1, 0.15) is 0 Å². The molecule has 2 nitrogen and oxygen atoms in total. The lowest BCUT2D eigenvalue weighted by Crippen LogP contribution is -2.37. The van der Waals surface area contributed by atoms with Crippen LogP contribution in [0.4, 0.5) is 5.69 Å². The second kappa shape index (κ2) is 4.58. The number of rotatable bonds is 1. The van der Waals surface area contributed by atoms with Gasteiger partial charge in [0.2, 0.25) is 0 Å². The van der Waals surface area contributed by atoms with E-state index in [1.54, 1.807) is 0 Å². The fourth-order valence-electron chi connectivity index (χ4n) is 3.93. The predicted octanol–water partition coefficient (Wildman–Crippen LogP) is 3.41. The summed E-state index contributed by atoms with van der Waals surface area (Å²) in [4.78, 5) is 2.65. The van der Waals surface area contributed by atoms with Crippen molar-refractivity contribution in [2.24, 2.45) is 11.8 Å². The van der Waals surface area contributed by atoms with Crippen molar-refractivity contribution in [3.05, 3.63) is 29.3 Å². The Balaban J connectivity index is 1.75. The zero-order valence-electron chi connectivity index (χ0n) is 11.5. The molecule has 2 aliphatic rings. The third-order valence-corrected chi connectivity index (χ3v) is 4.71. The minimum atomic E-state index is 0.760. The van der Waals surface area contributed by atoms with E-state index in [0.29, 0.717) is 0 Å². The van der Waals surface area contributed by atoms with Crippen molar-refractivity contribution in [1.82, 2.24) is 4.90 Å². The molecule has 0 bridgehead atoms. The lowest BCUT2D eigenvalue weighted by molar-refractivity contribution is 0.108. The van der Waals surface area contributed by atoms with Crippen LogP contribution < -0.4 is 5.73 Å². The fraction of sp³-hybridized carbons (Fsp3) is 0.625. The van der Waals surface area contributed by atoms with E-state index in [4.69, 9.17) is 5.73 Å². The van der Waals surface area contributed by atoms with Gasteiger partial charge in [-0.15, -0.1) is 0 Å². The number of hydrogen-bond acceptors (Lipinski definition) is 2. The first kappa shape index (κ1) is 12.0. The Bertz CT molecular complexity index is 431. The third-order valence-electron chi connectivity index (χ3n) is 4.71. The number of hydrogen-bond donors (Lipinski definition) is 1. The zero-order valence-corrected chi connectivity index (χ0v) is 11.5. The van der Waals surface area contributed by atoms with E-state index in [9.17, 15) is 0 Å². The molecule has 1 aromatic carbocycles. The highest BCUT2D eigenvalue weighted by atomic mass is 15.2. The van der Waals surface area contributed by atoms with Crippen molar-refractivity contribution in [2.45, 2.75) is 52.2 Å². The van der Waals surface area contributed by atoms with Crippen molar-refractivity contribution < 1.29 is 0 Å². The van der Waals surface area contributed by atoms with Crippen LogP contribution in [-0.2, 0) is 13.1 Å². The highest BCUT2D eigenvalue weighted by Gasteiger charge is 2.32. The van der Waals surface area contributed by atoms with E-state index in [-0.39, 0.29) is 0 Å². The first-order chi connectivity index (χ1) is 8.63. The van der Waals surface area contributed by atoms with Gasteiger partial charge in [0.15, 0.2) is 0 Å². The number of anilines is 1. The highest BCUT2D eigenvalue weighted by Crippen LogP contribution is 2.36. The summed E-state index contributed by atoms with van der Waals surface area (Å²) in [5.74, 6) is 1.75. The molecule has 2 heteroatoms. The SMILES string of the molecule is CC1CC(C)CC(N2Cc3cccc(N)c3C2)C1. The quantitative estimate of drug-likeness (QED) is 0.767. The molecule has 0 aromatic heterocycles. The van der Waals surface area contributed by atoms with Gasteiger partial charge in [-0.3, -0.25) is 4.90 Å². The number of nitrogen functional groups attached to an aromatic ring is 1.